The number of hydrogen-bond acceptors (Lipinski definition) is 0. The van der Waals surface area contributed by atoms with Crippen LogP contribution in [0.5, 0.6) is 0 Å². The van der Waals surface area contributed by atoms with Crippen molar-refractivity contribution < 1.29 is 146 Å². The van der Waals surface area contributed by atoms with Gasteiger partial charge in [-0.05, 0) is 0 Å². The van der Waals surface area contributed by atoms with Crippen LogP contribution in [-0.4, -0.2) is 107 Å². The van der Waals surface area contributed by atoms with Crippen molar-refractivity contribution in [2.45, 2.75) is 316 Å². The topological polar surface area (TPSA) is 0 Å². The maximum absolute atomic E-state index is 2.35. The zero-order valence-corrected chi connectivity index (χ0v) is 66.4. The molecule has 0 amide bonds. The second-order valence-electron chi connectivity index (χ2n) is 21.7. The monoisotopic (exact) mass is 1620 g/mol. The summed E-state index contributed by atoms with van der Waals surface area (Å²) in [6.07, 6.45) is 45.2. The summed E-state index contributed by atoms with van der Waals surface area (Å²) in [5, 5.41) is 0. The second kappa shape index (κ2) is 75.0. The van der Waals surface area contributed by atoms with Crippen LogP contribution in [0.25, 0.3) is 0 Å². The Kier molecular flexibility index (Phi) is 95.0. The smallest absolute Gasteiger partial charge is 1.00 e. The van der Waals surface area contributed by atoms with Crippen LogP contribution in [0.15, 0.2) is 0 Å². The van der Waals surface area contributed by atoms with E-state index in [2.05, 4.69) is 111 Å². The molecule has 0 rings (SSSR count). The minimum atomic E-state index is 0. The Morgan fingerprint density at radius 2 is 0.250 bits per heavy atom. The average Bonchev–Trinajstić information content (AvgIpc) is 3.40. The molecule has 12 heteroatoms. The molecule has 0 aromatic heterocycles. The van der Waals surface area contributed by atoms with Crippen molar-refractivity contribution in [3.05, 3.63) is 0 Å². The molecular weight excluding hydrogens is 1470 g/mol. The predicted molar refractivity (Wildman–Crippen MR) is 317 cm³/mol. The van der Waals surface area contributed by atoms with Crippen LogP contribution in [0, 0.1) is 0 Å². The predicted octanol–water partition coefficient (Wildman–Crippen LogP) is -3.95. The Morgan fingerprint density at radius 1 is 0.158 bits per heavy atom. The Bertz CT molecular complexity index is 769. The van der Waals surface area contributed by atoms with Crippen LogP contribution in [0.2, 0.25) is 0 Å². The maximum Gasteiger partial charge on any atom is -1.00 e. The molecule has 0 fully saturated rings. The molecule has 76 heavy (non-hydrogen) atoms. The normalized spacial score (nSPS) is 11.6. The van der Waals surface area contributed by atoms with Gasteiger partial charge in [0.1, 0.15) is 0 Å². The standard InChI is InChI=1S/4C16H36IN.4ClH/c4*1-5-9-13-17-18(14-10-6-2,15-11-7-3)16-12-8-4;;;;/h4*5-16H2,1-4H3;4*1H/p-4. The van der Waals surface area contributed by atoms with E-state index < -0.39 is 0 Å². The third-order valence-corrected chi connectivity index (χ3v) is 30.8. The van der Waals surface area contributed by atoms with Crippen molar-refractivity contribution in [3.8, 4) is 0 Å². The summed E-state index contributed by atoms with van der Waals surface area (Å²) in [6, 6.07) is 0. The molecule has 0 bridgehead atoms. The van der Waals surface area contributed by atoms with Gasteiger partial charge in [0, 0.05) is 0 Å². The van der Waals surface area contributed by atoms with E-state index >= 15 is 0 Å². The largest absolute Gasteiger partial charge is 1.00 e. The van der Waals surface area contributed by atoms with Crippen LogP contribution in [0.4, 0.5) is 0 Å². The van der Waals surface area contributed by atoms with Gasteiger partial charge in [0.25, 0.3) is 0 Å². The van der Waals surface area contributed by atoms with Gasteiger partial charge in [-0.2, -0.15) is 0 Å². The van der Waals surface area contributed by atoms with Crippen molar-refractivity contribution in [3.63, 3.8) is 0 Å². The molecule has 480 valence electrons. The SMILES string of the molecule is CCCC[I-][N+](CCCC)(CCCC)CCCC.CCCC[I-][N+](CCCC)(CCCC)CCCC.CCCC[I-][N+](CCCC)(CCCC)CCCC.CCCC[I-][N+](CCCC)(CCCC)CCCC.[Cl-].[Cl-].[Cl-].[Cl-]. The molecule has 0 N–H and O–H groups in total. The summed E-state index contributed by atoms with van der Waals surface area (Å²) in [4.78, 5) is 0. The number of nitrogens with zero attached hydrogens (tertiary/aromatic N) is 4. The van der Waals surface area contributed by atoms with E-state index in [1.165, 1.54) is 295 Å². The quantitative estimate of drug-likeness (QED) is 0.0253. The molecule has 0 saturated carbocycles. The summed E-state index contributed by atoms with van der Waals surface area (Å²) in [5.41, 5.74) is 0. The van der Waals surface area contributed by atoms with Crippen LogP contribution >= 0.6 is 0 Å². The Balaban J connectivity index is -0.000000133. The van der Waals surface area contributed by atoms with Crippen molar-refractivity contribution in [2.75, 3.05) is 96.2 Å². The number of rotatable bonds is 52. The molecule has 0 aliphatic rings. The molecule has 0 radical (unpaired) electrons. The zero-order valence-electron chi connectivity index (χ0n) is 54.8. The molecule has 0 aliphatic heterocycles. The Morgan fingerprint density at radius 3 is 0.329 bits per heavy atom. The van der Waals surface area contributed by atoms with Gasteiger partial charge in [-0.15, -0.1) is 0 Å². The molecule has 0 atom stereocenters. The summed E-state index contributed by atoms with van der Waals surface area (Å²) in [6.45, 7) is 55.3. The number of quaternary nitrogens is 4. The third kappa shape index (κ3) is 59.6. The van der Waals surface area contributed by atoms with Crippen molar-refractivity contribution >= 4 is 0 Å². The molecule has 0 spiro atoms. The van der Waals surface area contributed by atoms with Crippen LogP contribution in [0.1, 0.15) is 316 Å². The van der Waals surface area contributed by atoms with Gasteiger partial charge in [0.05, 0.1) is 0 Å². The first kappa shape index (κ1) is 96.2. The molecule has 0 aliphatic carbocycles. The first-order valence-corrected chi connectivity index (χ1v) is 42.8. The van der Waals surface area contributed by atoms with Crippen molar-refractivity contribution in [1.29, 1.82) is 0 Å². The maximum atomic E-state index is 2.35. The van der Waals surface area contributed by atoms with Crippen molar-refractivity contribution in [2.24, 2.45) is 0 Å². The first-order chi connectivity index (χ1) is 35.0. The Hall–Kier alpha value is 3.92. The van der Waals surface area contributed by atoms with Gasteiger partial charge in [-0.25, -0.2) is 0 Å². The fraction of sp³-hybridized carbons (Fsp3) is 1.00. The molecule has 0 aromatic rings. The fourth-order valence-corrected chi connectivity index (χ4v) is 25.5. The second-order valence-corrected chi connectivity index (χ2v) is 36.9. The fourth-order valence-electron chi connectivity index (χ4n) is 8.85. The molecule has 4 nitrogen and oxygen atoms in total. The summed E-state index contributed by atoms with van der Waals surface area (Å²) >= 11 is 1.46. The van der Waals surface area contributed by atoms with Crippen LogP contribution < -0.4 is 136 Å². The van der Waals surface area contributed by atoms with Gasteiger partial charge >= 0.3 is 509 Å². The summed E-state index contributed by atoms with van der Waals surface area (Å²) in [7, 11) is 0. The van der Waals surface area contributed by atoms with E-state index in [9.17, 15) is 0 Å². The average molecular weight is 1620 g/mol. The minimum Gasteiger partial charge on any atom is -1.00 e. The van der Waals surface area contributed by atoms with Gasteiger partial charge in [-0.1, -0.05) is 0 Å². The number of alkyl halides is 4. The molecular formula is C64H144Cl4I4N4-4. The molecule has 0 heterocycles. The Labute approximate surface area is 552 Å². The molecule has 0 unspecified atom stereocenters. The van der Waals surface area contributed by atoms with E-state index in [-0.39, 0.29) is 49.6 Å². The third-order valence-electron chi connectivity index (χ3n) is 14.2. The zero-order chi connectivity index (χ0) is 54.8. The number of unbranched alkanes of at least 4 members (excludes halogenated alkanes) is 16. The summed E-state index contributed by atoms with van der Waals surface area (Å²) < 4.78 is 12.3. The van der Waals surface area contributed by atoms with E-state index in [4.69, 9.17) is 0 Å². The number of hydrogen-bond donors (Lipinski definition) is 0. The van der Waals surface area contributed by atoms with E-state index in [0.29, 0.717) is 85.9 Å². The van der Waals surface area contributed by atoms with Crippen LogP contribution in [-0.2, 0) is 0 Å². The van der Waals surface area contributed by atoms with E-state index in [0.717, 1.165) is 0 Å². The van der Waals surface area contributed by atoms with Gasteiger partial charge in [0.15, 0.2) is 0 Å². The van der Waals surface area contributed by atoms with Gasteiger partial charge in [0.2, 0.25) is 0 Å². The summed E-state index contributed by atoms with van der Waals surface area (Å²) in [5.74, 6) is 0. The van der Waals surface area contributed by atoms with Gasteiger partial charge < -0.3 is 49.6 Å². The first-order valence-electron chi connectivity index (χ1n) is 32.9. The van der Waals surface area contributed by atoms with Crippen molar-refractivity contribution in [1.82, 2.24) is 0 Å². The molecule has 0 saturated heterocycles. The molecule has 0 aromatic carbocycles. The number of halogens is 8. The van der Waals surface area contributed by atoms with Gasteiger partial charge in [-0.3, -0.25) is 0 Å². The van der Waals surface area contributed by atoms with E-state index in [1.807, 2.05) is 0 Å². The van der Waals surface area contributed by atoms with Crippen LogP contribution in [0.3, 0.4) is 0 Å². The minimum absolute atomic E-state index is 0. The van der Waals surface area contributed by atoms with E-state index in [1.54, 1.807) is 17.7 Å².